The van der Waals surface area contributed by atoms with Crippen molar-refractivity contribution >= 4 is 58.9 Å². The molecule has 3 N–H and O–H groups in total. The zero-order chi connectivity index (χ0) is 33.2. The Bertz CT molecular complexity index is 2050. The molecule has 0 amide bonds. The molecule has 0 unspecified atom stereocenters. The molecule has 4 aromatic carbocycles. The largest absolute Gasteiger partial charge is 0.478 e. The maximum atomic E-state index is 14.5. The molecule has 1 aromatic heterocycles. The standard InChI is InChI=1S/C30H19Cl2F2N4O6PS/c31-25-10-8-21(14-26(25)32)38(16-17-7-9-24(20(11-17)15-35)30(33,34)45(41,42)43)29-37-36-27(46-29)18-3-1-5-22(12-18)44-23-6-2-4-19(13-23)28(39)40/h1-14H,16H2,(H,39,40)(H2,41,42,43). The molecule has 0 aliphatic rings. The fraction of sp³-hybridized carbons (Fsp3) is 0.0667. The van der Waals surface area contributed by atoms with Crippen LogP contribution in [0.15, 0.2) is 84.9 Å². The number of aromatic nitrogens is 2. The van der Waals surface area contributed by atoms with Crippen molar-refractivity contribution in [2.75, 3.05) is 4.90 Å². The van der Waals surface area contributed by atoms with Gasteiger partial charge in [-0.1, -0.05) is 64.9 Å². The van der Waals surface area contributed by atoms with Gasteiger partial charge in [-0.15, -0.1) is 10.2 Å². The van der Waals surface area contributed by atoms with Gasteiger partial charge in [-0.2, -0.15) is 14.0 Å². The molecule has 0 saturated carbocycles. The second kappa shape index (κ2) is 13.1. The first kappa shape index (κ1) is 33.0. The molecule has 0 saturated heterocycles. The summed E-state index contributed by atoms with van der Waals surface area (Å²) in [5, 5.41) is 28.8. The molecule has 0 radical (unpaired) electrons. The summed E-state index contributed by atoms with van der Waals surface area (Å²) in [4.78, 5) is 31.3. The van der Waals surface area contributed by atoms with Crippen LogP contribution < -0.4 is 9.64 Å². The van der Waals surface area contributed by atoms with Crippen molar-refractivity contribution in [2.45, 2.75) is 12.2 Å². The highest BCUT2D eigenvalue weighted by molar-refractivity contribution is 7.52. The van der Waals surface area contributed by atoms with Gasteiger partial charge in [0.2, 0.25) is 5.13 Å². The third-order valence-corrected chi connectivity index (χ3v) is 9.20. The molecule has 0 bridgehead atoms. The first-order chi connectivity index (χ1) is 21.8. The number of alkyl halides is 2. The highest BCUT2D eigenvalue weighted by Gasteiger charge is 2.51. The third-order valence-electron chi connectivity index (χ3n) is 6.49. The maximum absolute atomic E-state index is 14.5. The first-order valence-corrected chi connectivity index (χ1v) is 16.1. The van der Waals surface area contributed by atoms with E-state index in [0.717, 1.165) is 12.1 Å². The van der Waals surface area contributed by atoms with E-state index >= 15 is 0 Å². The topological polar surface area (TPSA) is 157 Å². The van der Waals surface area contributed by atoms with Gasteiger partial charge >= 0.3 is 19.2 Å². The molecule has 0 spiro atoms. The summed E-state index contributed by atoms with van der Waals surface area (Å²) >= 11 is 13.6. The summed E-state index contributed by atoms with van der Waals surface area (Å²) in [6.07, 6.45) is 0. The zero-order valence-electron chi connectivity index (χ0n) is 23.0. The Kier molecular flexibility index (Phi) is 9.42. The van der Waals surface area contributed by atoms with Crippen molar-refractivity contribution in [3.05, 3.63) is 117 Å². The number of nitriles is 1. The van der Waals surface area contributed by atoms with Gasteiger partial charge in [0.05, 0.1) is 39.3 Å². The molecule has 5 aromatic rings. The number of benzene rings is 4. The predicted octanol–water partition coefficient (Wildman–Crippen LogP) is 8.44. The lowest BCUT2D eigenvalue weighted by molar-refractivity contribution is 0.0561. The Morgan fingerprint density at radius 1 is 0.978 bits per heavy atom. The number of carbonyl (C=O) groups is 1. The van der Waals surface area contributed by atoms with Crippen LogP contribution in [-0.4, -0.2) is 31.1 Å². The van der Waals surface area contributed by atoms with Crippen molar-refractivity contribution in [1.82, 2.24) is 10.2 Å². The van der Waals surface area contributed by atoms with E-state index in [1.807, 2.05) is 0 Å². The number of carboxylic acid groups (broad SMARTS) is 1. The second-order valence-electron chi connectivity index (χ2n) is 9.61. The van der Waals surface area contributed by atoms with Gasteiger partial charge in [0.1, 0.15) is 16.5 Å². The number of rotatable bonds is 10. The quantitative estimate of drug-likeness (QED) is 0.121. The highest BCUT2D eigenvalue weighted by atomic mass is 35.5. The summed E-state index contributed by atoms with van der Waals surface area (Å²) in [6.45, 7) is -0.0356. The van der Waals surface area contributed by atoms with Crippen molar-refractivity contribution in [1.29, 1.82) is 5.26 Å². The fourth-order valence-electron chi connectivity index (χ4n) is 4.27. The lowest BCUT2D eigenvalue weighted by atomic mass is 10.0. The van der Waals surface area contributed by atoms with Crippen LogP contribution in [0.3, 0.4) is 0 Å². The minimum atomic E-state index is -5.91. The molecule has 1 heterocycles. The summed E-state index contributed by atoms with van der Waals surface area (Å²) in [7, 11) is -5.91. The normalized spacial score (nSPS) is 11.6. The first-order valence-electron chi connectivity index (χ1n) is 12.9. The van der Waals surface area contributed by atoms with Gasteiger partial charge in [0.25, 0.3) is 0 Å². The molecular formula is C30H19Cl2F2N4O6PS. The van der Waals surface area contributed by atoms with Gasteiger partial charge in [0, 0.05) is 11.3 Å². The molecule has 0 aliphatic heterocycles. The number of halogens is 4. The van der Waals surface area contributed by atoms with Crippen LogP contribution in [0.4, 0.5) is 19.6 Å². The van der Waals surface area contributed by atoms with E-state index in [-0.39, 0.29) is 22.2 Å². The number of aromatic carboxylic acids is 1. The van der Waals surface area contributed by atoms with Gasteiger partial charge in [-0.25, -0.2) is 4.79 Å². The van der Waals surface area contributed by atoms with Crippen molar-refractivity contribution in [3.8, 4) is 28.1 Å². The number of nitrogens with zero attached hydrogens (tertiary/aromatic N) is 4. The van der Waals surface area contributed by atoms with Crippen LogP contribution in [0, 0.1) is 11.3 Å². The molecule has 0 fully saturated rings. The predicted molar refractivity (Wildman–Crippen MR) is 168 cm³/mol. The van der Waals surface area contributed by atoms with Crippen molar-refractivity contribution in [2.24, 2.45) is 0 Å². The van der Waals surface area contributed by atoms with E-state index in [4.69, 9.17) is 27.9 Å². The SMILES string of the molecule is N#Cc1cc(CN(c2ccc(Cl)c(Cl)c2)c2nnc(-c3cccc(Oc4cccc(C(=O)O)c4)c3)s2)ccc1C(F)(F)P(=O)(O)O. The van der Waals surface area contributed by atoms with E-state index in [1.54, 1.807) is 65.6 Å². The van der Waals surface area contributed by atoms with Gasteiger partial charge in [-0.05, 0) is 60.2 Å². The number of ether oxygens (including phenoxy) is 1. The molecule has 5 rings (SSSR count). The Hall–Kier alpha value is -4.41. The molecule has 0 atom stereocenters. The van der Waals surface area contributed by atoms with Gasteiger partial charge < -0.3 is 24.5 Å². The van der Waals surface area contributed by atoms with E-state index < -0.39 is 30.4 Å². The van der Waals surface area contributed by atoms with E-state index in [2.05, 4.69) is 10.2 Å². The lowest BCUT2D eigenvalue weighted by Crippen LogP contribution is -2.18. The summed E-state index contributed by atoms with van der Waals surface area (Å²) in [6, 6.07) is 22.4. The Morgan fingerprint density at radius 3 is 2.37 bits per heavy atom. The van der Waals surface area contributed by atoms with Crippen LogP contribution in [0.2, 0.25) is 10.0 Å². The van der Waals surface area contributed by atoms with Crippen LogP contribution in [0.25, 0.3) is 10.6 Å². The summed E-state index contributed by atoms with van der Waals surface area (Å²) in [5.41, 5.74) is -4.74. The Balaban J connectivity index is 1.49. The minimum absolute atomic E-state index is 0.0356. The maximum Gasteiger partial charge on any atom is 0.399 e. The average Bonchev–Trinajstić information content (AvgIpc) is 3.51. The molecule has 10 nitrogen and oxygen atoms in total. The number of anilines is 2. The van der Waals surface area contributed by atoms with Gasteiger partial charge in [0.15, 0.2) is 0 Å². The third kappa shape index (κ3) is 7.03. The van der Waals surface area contributed by atoms with Crippen LogP contribution in [0.1, 0.15) is 27.0 Å². The lowest BCUT2D eigenvalue weighted by Gasteiger charge is -2.23. The van der Waals surface area contributed by atoms with E-state index in [9.17, 15) is 38.3 Å². The minimum Gasteiger partial charge on any atom is -0.478 e. The molecule has 46 heavy (non-hydrogen) atoms. The monoisotopic (exact) mass is 702 g/mol. The smallest absolute Gasteiger partial charge is 0.399 e. The molecule has 16 heteroatoms. The Morgan fingerprint density at radius 2 is 1.70 bits per heavy atom. The van der Waals surface area contributed by atoms with Crippen LogP contribution in [-0.2, 0) is 16.8 Å². The summed E-state index contributed by atoms with van der Waals surface area (Å²) < 4.78 is 46.3. The fourth-order valence-corrected chi connectivity index (χ4v) is 5.93. The van der Waals surface area contributed by atoms with Crippen LogP contribution >= 0.6 is 42.1 Å². The van der Waals surface area contributed by atoms with E-state index in [1.165, 1.54) is 29.5 Å². The molecule has 234 valence electrons. The Labute approximate surface area is 273 Å². The molecular weight excluding hydrogens is 684 g/mol. The van der Waals surface area contributed by atoms with Crippen molar-refractivity contribution in [3.63, 3.8) is 0 Å². The number of carboxylic acids is 1. The highest BCUT2D eigenvalue weighted by Crippen LogP contribution is 2.59. The second-order valence-corrected chi connectivity index (χ2v) is 13.0. The number of hydrogen-bond donors (Lipinski definition) is 3. The average molecular weight is 703 g/mol. The van der Waals surface area contributed by atoms with Crippen molar-refractivity contribution < 1.29 is 37.8 Å². The number of hydrogen-bond acceptors (Lipinski definition) is 8. The summed E-state index contributed by atoms with van der Waals surface area (Å²) in [5.74, 6) is -0.359. The van der Waals surface area contributed by atoms with Crippen LogP contribution in [0.5, 0.6) is 11.5 Å². The van der Waals surface area contributed by atoms with Gasteiger partial charge in [-0.3, -0.25) is 4.57 Å². The molecule has 0 aliphatic carbocycles. The zero-order valence-corrected chi connectivity index (χ0v) is 26.2. The van der Waals surface area contributed by atoms with E-state index in [0.29, 0.717) is 38.5 Å².